The van der Waals surface area contributed by atoms with E-state index in [0.29, 0.717) is 11.3 Å². The molecule has 7 heteroatoms. The van der Waals surface area contributed by atoms with Crippen LogP contribution in [0.4, 0.5) is 15.8 Å². The van der Waals surface area contributed by atoms with Crippen LogP contribution in [0.1, 0.15) is 34.6 Å². The molecule has 0 fully saturated rings. The Balaban J connectivity index is 1.73. The van der Waals surface area contributed by atoms with Gasteiger partial charge in [-0.05, 0) is 49.6 Å². The highest BCUT2D eigenvalue weighted by molar-refractivity contribution is 6.02. The van der Waals surface area contributed by atoms with Crippen molar-refractivity contribution in [1.82, 2.24) is 4.90 Å². The predicted octanol–water partition coefficient (Wildman–Crippen LogP) is 3.27. The number of hydrogen-bond donors (Lipinski definition) is 2. The van der Waals surface area contributed by atoms with Crippen molar-refractivity contribution in [2.75, 3.05) is 24.2 Å². The molecule has 0 saturated heterocycles. The van der Waals surface area contributed by atoms with Crippen LogP contribution in [-0.4, -0.2) is 36.2 Å². The van der Waals surface area contributed by atoms with Crippen LogP contribution in [0.25, 0.3) is 0 Å². The molecule has 1 unspecified atom stereocenters. The molecule has 2 N–H and O–H groups in total. The van der Waals surface area contributed by atoms with Crippen molar-refractivity contribution in [3.05, 3.63) is 58.4 Å². The van der Waals surface area contributed by atoms with E-state index in [2.05, 4.69) is 10.6 Å². The van der Waals surface area contributed by atoms with Crippen molar-refractivity contribution >= 4 is 29.1 Å². The number of aryl methyl sites for hydroxylation is 3. The van der Waals surface area contributed by atoms with Gasteiger partial charge in [-0.25, -0.2) is 4.39 Å². The molecule has 29 heavy (non-hydrogen) atoms. The summed E-state index contributed by atoms with van der Waals surface area (Å²) in [6.45, 7) is 5.67. The fourth-order valence-corrected chi connectivity index (χ4v) is 3.77. The zero-order valence-corrected chi connectivity index (χ0v) is 16.9. The first-order valence-electron chi connectivity index (χ1n) is 9.37. The summed E-state index contributed by atoms with van der Waals surface area (Å²) in [5.74, 6) is -2.28. The average Bonchev–Trinajstić information content (AvgIpc) is 2.62. The van der Waals surface area contributed by atoms with Gasteiger partial charge in [-0.2, -0.15) is 0 Å². The number of fused-ring (bicyclic) bond motifs is 1. The zero-order chi connectivity index (χ0) is 21.3. The molecule has 3 rings (SSSR count). The van der Waals surface area contributed by atoms with Crippen molar-refractivity contribution in [1.29, 1.82) is 0 Å². The standard InChI is InChI=1S/C22H24FN3O3/c1-12-7-13(2)21(14(3)8-12)25-20(28)11-26(4)22(29)17-10-19(27)24-18-9-15(23)5-6-16(17)18/h5-9,17H,10-11H2,1-4H3,(H,24,27)(H,25,28). The van der Waals surface area contributed by atoms with Gasteiger partial charge in [0.1, 0.15) is 5.82 Å². The number of hydrogen-bond acceptors (Lipinski definition) is 3. The first-order valence-corrected chi connectivity index (χ1v) is 9.37. The summed E-state index contributed by atoms with van der Waals surface area (Å²) in [4.78, 5) is 38.7. The Labute approximate surface area is 169 Å². The largest absolute Gasteiger partial charge is 0.336 e. The predicted molar refractivity (Wildman–Crippen MR) is 109 cm³/mol. The summed E-state index contributed by atoms with van der Waals surface area (Å²) < 4.78 is 13.5. The van der Waals surface area contributed by atoms with E-state index in [9.17, 15) is 18.8 Å². The van der Waals surface area contributed by atoms with Gasteiger partial charge < -0.3 is 15.5 Å². The van der Waals surface area contributed by atoms with E-state index in [1.807, 2.05) is 32.9 Å². The number of carbonyl (C=O) groups is 3. The molecule has 3 amide bonds. The maximum absolute atomic E-state index is 13.5. The quantitative estimate of drug-likeness (QED) is 0.831. The molecule has 0 aliphatic carbocycles. The van der Waals surface area contributed by atoms with Gasteiger partial charge in [-0.1, -0.05) is 23.8 Å². The fourth-order valence-electron chi connectivity index (χ4n) is 3.77. The molecule has 0 saturated carbocycles. The highest BCUT2D eigenvalue weighted by Crippen LogP contribution is 2.34. The van der Waals surface area contributed by atoms with Crippen LogP contribution in [0.3, 0.4) is 0 Å². The lowest BCUT2D eigenvalue weighted by Gasteiger charge is -2.28. The van der Waals surface area contributed by atoms with Crippen molar-refractivity contribution in [2.24, 2.45) is 0 Å². The maximum atomic E-state index is 13.5. The topological polar surface area (TPSA) is 78.5 Å². The average molecular weight is 397 g/mol. The lowest BCUT2D eigenvalue weighted by atomic mass is 9.89. The van der Waals surface area contributed by atoms with E-state index < -0.39 is 11.7 Å². The molecule has 152 valence electrons. The van der Waals surface area contributed by atoms with Crippen LogP contribution < -0.4 is 10.6 Å². The first-order chi connectivity index (χ1) is 13.7. The van der Waals surface area contributed by atoms with Gasteiger partial charge in [0.2, 0.25) is 17.7 Å². The summed E-state index contributed by atoms with van der Waals surface area (Å²) in [5.41, 5.74) is 4.58. The minimum Gasteiger partial charge on any atom is -0.336 e. The normalized spacial score (nSPS) is 15.3. The van der Waals surface area contributed by atoms with Crippen molar-refractivity contribution in [2.45, 2.75) is 33.1 Å². The van der Waals surface area contributed by atoms with E-state index in [0.717, 1.165) is 22.4 Å². The molecule has 2 aromatic rings. The van der Waals surface area contributed by atoms with Crippen LogP contribution in [0.15, 0.2) is 30.3 Å². The highest BCUT2D eigenvalue weighted by Gasteiger charge is 2.33. The number of rotatable bonds is 4. The van der Waals surface area contributed by atoms with E-state index >= 15 is 0 Å². The molecule has 0 spiro atoms. The molecule has 1 aliphatic heterocycles. The van der Waals surface area contributed by atoms with Crippen LogP contribution in [0.2, 0.25) is 0 Å². The van der Waals surface area contributed by atoms with Crippen LogP contribution in [0, 0.1) is 26.6 Å². The van der Waals surface area contributed by atoms with Gasteiger partial charge in [0.25, 0.3) is 0 Å². The second-order valence-electron chi connectivity index (χ2n) is 7.55. The Hall–Kier alpha value is -3.22. The third-order valence-corrected chi connectivity index (χ3v) is 5.05. The highest BCUT2D eigenvalue weighted by atomic mass is 19.1. The third kappa shape index (κ3) is 4.45. The second kappa shape index (κ2) is 8.03. The van der Waals surface area contributed by atoms with Crippen LogP contribution >= 0.6 is 0 Å². The Morgan fingerprint density at radius 2 is 1.83 bits per heavy atom. The Morgan fingerprint density at radius 3 is 2.48 bits per heavy atom. The van der Waals surface area contributed by atoms with E-state index in [4.69, 9.17) is 0 Å². The Kier molecular flexibility index (Phi) is 5.68. The Bertz CT molecular complexity index is 980. The van der Waals surface area contributed by atoms with E-state index in [-0.39, 0.29) is 30.7 Å². The number of halogens is 1. The van der Waals surface area contributed by atoms with Crippen LogP contribution in [0.5, 0.6) is 0 Å². The van der Waals surface area contributed by atoms with E-state index in [1.165, 1.54) is 30.1 Å². The van der Waals surface area contributed by atoms with Gasteiger partial charge in [0, 0.05) is 24.8 Å². The molecular formula is C22H24FN3O3. The molecule has 0 bridgehead atoms. The number of nitrogens with one attached hydrogen (secondary N) is 2. The van der Waals surface area contributed by atoms with E-state index in [1.54, 1.807) is 0 Å². The van der Waals surface area contributed by atoms with Crippen LogP contribution in [-0.2, 0) is 14.4 Å². The number of anilines is 2. The number of nitrogens with zero attached hydrogens (tertiary/aromatic N) is 1. The zero-order valence-electron chi connectivity index (χ0n) is 16.9. The van der Waals surface area contributed by atoms with Gasteiger partial charge in [0.15, 0.2) is 0 Å². The molecule has 2 aromatic carbocycles. The van der Waals surface area contributed by atoms with Gasteiger partial charge in [-0.3, -0.25) is 14.4 Å². The smallest absolute Gasteiger partial charge is 0.243 e. The minimum absolute atomic E-state index is 0.0421. The van der Waals surface area contributed by atoms with Crippen molar-refractivity contribution in [3.8, 4) is 0 Å². The summed E-state index contributed by atoms with van der Waals surface area (Å²) in [6, 6.07) is 7.91. The lowest BCUT2D eigenvalue weighted by molar-refractivity contribution is -0.136. The van der Waals surface area contributed by atoms with Gasteiger partial charge in [0.05, 0.1) is 12.5 Å². The van der Waals surface area contributed by atoms with Gasteiger partial charge >= 0.3 is 0 Å². The first kappa shape index (κ1) is 20.5. The second-order valence-corrected chi connectivity index (χ2v) is 7.55. The number of carbonyl (C=O) groups excluding carboxylic acids is 3. The maximum Gasteiger partial charge on any atom is 0.243 e. The molecule has 1 heterocycles. The summed E-state index contributed by atoms with van der Waals surface area (Å²) in [7, 11) is 1.52. The van der Waals surface area contributed by atoms with Crippen molar-refractivity contribution in [3.63, 3.8) is 0 Å². The summed E-state index contributed by atoms with van der Waals surface area (Å²) in [5, 5.41) is 5.45. The number of likely N-dealkylation sites (N-methyl/N-ethyl adjacent to an activating group) is 1. The summed E-state index contributed by atoms with van der Waals surface area (Å²) >= 11 is 0. The summed E-state index contributed by atoms with van der Waals surface area (Å²) in [6.07, 6.45) is -0.0421. The van der Waals surface area contributed by atoms with Crippen molar-refractivity contribution < 1.29 is 18.8 Å². The molecule has 1 atom stereocenters. The number of benzene rings is 2. The third-order valence-electron chi connectivity index (χ3n) is 5.05. The molecule has 1 aliphatic rings. The SMILES string of the molecule is Cc1cc(C)c(NC(=O)CN(C)C(=O)C2CC(=O)Nc3cc(F)ccc32)c(C)c1. The number of amides is 3. The minimum atomic E-state index is -0.750. The molecule has 0 aromatic heterocycles. The molecule has 0 radical (unpaired) electrons. The molecular weight excluding hydrogens is 373 g/mol. The lowest BCUT2D eigenvalue weighted by Crippen LogP contribution is -2.40. The monoisotopic (exact) mass is 397 g/mol. The van der Waals surface area contributed by atoms with Gasteiger partial charge in [-0.15, -0.1) is 0 Å². The molecule has 6 nitrogen and oxygen atoms in total. The Morgan fingerprint density at radius 1 is 1.17 bits per heavy atom. The fraction of sp³-hybridized carbons (Fsp3) is 0.318.